The summed E-state index contributed by atoms with van der Waals surface area (Å²) in [6.07, 6.45) is -12.5. The zero-order valence-electron chi connectivity index (χ0n) is 9.43. The molecule has 0 aromatic heterocycles. The van der Waals surface area contributed by atoms with Gasteiger partial charge in [0.15, 0.2) is 0 Å². The van der Waals surface area contributed by atoms with Crippen molar-refractivity contribution in [1.29, 1.82) is 0 Å². The molecule has 0 bridgehead atoms. The van der Waals surface area contributed by atoms with Gasteiger partial charge in [0.2, 0.25) is 0 Å². The zero-order chi connectivity index (χ0) is 14.6. The van der Waals surface area contributed by atoms with Gasteiger partial charge in [-0.15, -0.1) is 0 Å². The highest BCUT2D eigenvalue weighted by Gasteiger charge is 2.67. The maximum Gasteiger partial charge on any atom is 0.466 e. The molecule has 0 aliphatic rings. The molecule has 108 valence electrons. The number of carbonyl (C=O) groups is 1. The number of halogens is 6. The quantitative estimate of drug-likeness (QED) is 0.575. The Hall–Kier alpha value is -1.19. The molecule has 0 aromatic carbocycles. The predicted molar refractivity (Wildman–Crippen MR) is 46.6 cm³/mol. The van der Waals surface area contributed by atoms with Gasteiger partial charge < -0.3 is 9.47 Å². The van der Waals surface area contributed by atoms with Gasteiger partial charge >= 0.3 is 24.5 Å². The van der Waals surface area contributed by atoms with Crippen LogP contribution in [-0.2, 0) is 9.47 Å². The Kier molecular flexibility index (Phi) is 5.71. The number of ether oxygens (including phenoxy) is 2. The molecule has 4 nitrogen and oxygen atoms in total. The summed E-state index contributed by atoms with van der Waals surface area (Å²) in [5.74, 6) is -5.34. The van der Waals surface area contributed by atoms with E-state index in [1.54, 1.807) is 0 Å². The second kappa shape index (κ2) is 6.12. The fourth-order valence-electron chi connectivity index (χ4n) is 0.847. The Balaban J connectivity index is 4.96. The van der Waals surface area contributed by atoms with Crippen LogP contribution < -0.4 is 0 Å². The molecule has 0 fully saturated rings. The summed E-state index contributed by atoms with van der Waals surface area (Å²) < 4.78 is 81.1. The van der Waals surface area contributed by atoms with Gasteiger partial charge in [-0.25, -0.2) is 13.6 Å². The third-order valence-electron chi connectivity index (χ3n) is 1.83. The minimum Gasteiger partial charge on any atom is -0.398 e. The van der Waals surface area contributed by atoms with E-state index >= 15 is 0 Å². The van der Waals surface area contributed by atoms with Crippen molar-refractivity contribution in [3.8, 4) is 0 Å². The van der Waals surface area contributed by atoms with Crippen LogP contribution in [-0.4, -0.2) is 49.8 Å². The Morgan fingerprint density at radius 1 is 1.28 bits per heavy atom. The van der Waals surface area contributed by atoms with Crippen molar-refractivity contribution in [1.82, 2.24) is 4.90 Å². The molecule has 0 radical (unpaired) electrons. The van der Waals surface area contributed by atoms with E-state index < -0.39 is 31.3 Å². The van der Waals surface area contributed by atoms with Crippen molar-refractivity contribution in [2.24, 2.45) is 0 Å². The van der Waals surface area contributed by atoms with E-state index in [1.165, 1.54) is 6.92 Å². The summed E-state index contributed by atoms with van der Waals surface area (Å²) in [5.41, 5.74) is 0. The number of nitrogens with zero attached hydrogens (tertiary/aromatic N) is 1. The lowest BCUT2D eigenvalue weighted by molar-refractivity contribution is -0.351. The number of hydrogen-bond donors (Lipinski definition) is 0. The molecule has 1 atom stereocenters. The Morgan fingerprint density at radius 3 is 2.06 bits per heavy atom. The van der Waals surface area contributed by atoms with Crippen molar-refractivity contribution >= 4 is 6.09 Å². The number of rotatable bonds is 5. The third kappa shape index (κ3) is 3.65. The van der Waals surface area contributed by atoms with Gasteiger partial charge in [0.05, 0.1) is 0 Å². The third-order valence-corrected chi connectivity index (χ3v) is 1.83. The summed E-state index contributed by atoms with van der Waals surface area (Å²) >= 11 is 0. The van der Waals surface area contributed by atoms with Crippen molar-refractivity contribution in [2.45, 2.75) is 25.4 Å². The zero-order valence-corrected chi connectivity index (χ0v) is 9.43. The number of carbonyl (C=O) groups excluding carboxylic acids is 1. The first-order valence-electron chi connectivity index (χ1n) is 4.60. The number of amides is 1. The van der Waals surface area contributed by atoms with Crippen LogP contribution in [0.1, 0.15) is 6.92 Å². The summed E-state index contributed by atoms with van der Waals surface area (Å²) in [6.45, 7) is 0.590. The monoisotopic (exact) mass is 283 g/mol. The van der Waals surface area contributed by atoms with Crippen LogP contribution in [0.5, 0.6) is 0 Å². The van der Waals surface area contributed by atoms with Crippen LogP contribution in [0.4, 0.5) is 31.1 Å². The van der Waals surface area contributed by atoms with Gasteiger partial charge in [0, 0.05) is 13.7 Å². The van der Waals surface area contributed by atoms with E-state index in [2.05, 4.69) is 9.47 Å². The SMILES string of the molecule is CCN(COC)C(=O)OC(F)(C(F)F)C(F)(F)F. The van der Waals surface area contributed by atoms with Crippen LogP contribution in [0.2, 0.25) is 0 Å². The van der Waals surface area contributed by atoms with Crippen molar-refractivity contribution in [2.75, 3.05) is 20.4 Å². The molecule has 0 N–H and O–H groups in total. The average molecular weight is 283 g/mol. The molecular formula is C8H11F6NO3. The topological polar surface area (TPSA) is 38.8 Å². The van der Waals surface area contributed by atoms with Crippen molar-refractivity contribution < 1.29 is 40.6 Å². The van der Waals surface area contributed by atoms with Crippen molar-refractivity contribution in [3.05, 3.63) is 0 Å². The molecule has 18 heavy (non-hydrogen) atoms. The van der Waals surface area contributed by atoms with E-state index in [1.807, 2.05) is 0 Å². The van der Waals surface area contributed by atoms with Gasteiger partial charge in [-0.1, -0.05) is 0 Å². The molecule has 1 unspecified atom stereocenters. The molecule has 0 aliphatic carbocycles. The van der Waals surface area contributed by atoms with E-state index in [0.29, 0.717) is 4.90 Å². The highest BCUT2D eigenvalue weighted by molar-refractivity contribution is 5.68. The smallest absolute Gasteiger partial charge is 0.398 e. The molecule has 0 rings (SSSR count). The minimum atomic E-state index is -6.04. The Labute approximate surface area is 98.4 Å². The lowest BCUT2D eigenvalue weighted by Crippen LogP contribution is -2.53. The first-order valence-corrected chi connectivity index (χ1v) is 4.60. The fraction of sp³-hybridized carbons (Fsp3) is 0.875. The van der Waals surface area contributed by atoms with Crippen LogP contribution in [0.15, 0.2) is 0 Å². The molecule has 0 aromatic rings. The molecule has 0 spiro atoms. The normalized spacial score (nSPS) is 15.4. The number of methoxy groups -OCH3 is 1. The van der Waals surface area contributed by atoms with E-state index in [-0.39, 0.29) is 6.54 Å². The van der Waals surface area contributed by atoms with Crippen LogP contribution in [0.25, 0.3) is 0 Å². The van der Waals surface area contributed by atoms with Gasteiger partial charge in [0.1, 0.15) is 6.73 Å². The second-order valence-electron chi connectivity index (χ2n) is 3.09. The molecule has 0 saturated carbocycles. The highest BCUT2D eigenvalue weighted by Crippen LogP contribution is 2.40. The van der Waals surface area contributed by atoms with Gasteiger partial charge in [-0.3, -0.25) is 4.90 Å². The summed E-state index contributed by atoms with van der Waals surface area (Å²) in [5, 5.41) is 0. The van der Waals surface area contributed by atoms with E-state index in [4.69, 9.17) is 0 Å². The van der Waals surface area contributed by atoms with Gasteiger partial charge in [0.25, 0.3) is 0 Å². The number of alkyl halides is 6. The number of hydrogen-bond acceptors (Lipinski definition) is 3. The van der Waals surface area contributed by atoms with Gasteiger partial charge in [-0.2, -0.15) is 17.6 Å². The Morgan fingerprint density at radius 2 is 1.78 bits per heavy atom. The highest BCUT2D eigenvalue weighted by atomic mass is 19.4. The molecule has 0 heterocycles. The summed E-state index contributed by atoms with van der Waals surface area (Å²) in [4.78, 5) is 11.6. The standard InChI is InChI=1S/C8H11F6NO3/c1-3-15(4-17-2)6(16)18-7(11,5(9)10)8(12,13)14/h5H,3-4H2,1-2H3. The molecule has 0 aliphatic heterocycles. The van der Waals surface area contributed by atoms with E-state index in [0.717, 1.165) is 7.11 Å². The van der Waals surface area contributed by atoms with Crippen LogP contribution in [0, 0.1) is 0 Å². The van der Waals surface area contributed by atoms with Crippen molar-refractivity contribution in [3.63, 3.8) is 0 Å². The van der Waals surface area contributed by atoms with Gasteiger partial charge in [-0.05, 0) is 6.92 Å². The van der Waals surface area contributed by atoms with E-state index in [9.17, 15) is 31.1 Å². The molecule has 10 heteroatoms. The van der Waals surface area contributed by atoms with Crippen LogP contribution in [0.3, 0.4) is 0 Å². The predicted octanol–water partition coefficient (Wildman–Crippen LogP) is 2.54. The molecular weight excluding hydrogens is 272 g/mol. The fourth-order valence-corrected chi connectivity index (χ4v) is 0.847. The lowest BCUT2D eigenvalue weighted by Gasteiger charge is -2.29. The first-order chi connectivity index (χ1) is 8.10. The molecule has 1 amide bonds. The summed E-state index contributed by atoms with van der Waals surface area (Å²) in [6, 6.07) is 0. The maximum absolute atomic E-state index is 13.0. The minimum absolute atomic E-state index is 0.205. The van der Waals surface area contributed by atoms with Crippen LogP contribution >= 0.6 is 0 Å². The molecule has 0 saturated heterocycles. The second-order valence-corrected chi connectivity index (χ2v) is 3.09. The summed E-state index contributed by atoms with van der Waals surface area (Å²) in [7, 11) is 1.11. The lowest BCUT2D eigenvalue weighted by atomic mass is 10.3. The maximum atomic E-state index is 13.0. The Bertz CT molecular complexity index is 284. The average Bonchev–Trinajstić information content (AvgIpc) is 2.23. The first kappa shape index (κ1) is 16.8. The largest absolute Gasteiger partial charge is 0.466 e.